The Morgan fingerprint density at radius 1 is 1.32 bits per heavy atom. The summed E-state index contributed by atoms with van der Waals surface area (Å²) >= 11 is 0. The third-order valence-corrected chi connectivity index (χ3v) is 3.20. The van der Waals surface area contributed by atoms with Crippen molar-refractivity contribution in [2.45, 2.75) is 33.2 Å². The molecular weight excluding hydrogens is 240 g/mol. The van der Waals surface area contributed by atoms with E-state index >= 15 is 0 Å². The van der Waals surface area contributed by atoms with Crippen molar-refractivity contribution in [1.29, 1.82) is 0 Å². The van der Waals surface area contributed by atoms with E-state index in [2.05, 4.69) is 24.3 Å². The van der Waals surface area contributed by atoms with Crippen LogP contribution in [0.2, 0.25) is 0 Å². The summed E-state index contributed by atoms with van der Waals surface area (Å²) in [4.78, 5) is 12.1. The first-order valence-corrected chi connectivity index (χ1v) is 6.92. The van der Waals surface area contributed by atoms with Crippen LogP contribution >= 0.6 is 0 Å². The largest absolute Gasteiger partial charge is 0.315 e. The van der Waals surface area contributed by atoms with Crippen molar-refractivity contribution in [3.05, 3.63) is 35.0 Å². The zero-order valence-electron chi connectivity index (χ0n) is 11.7. The van der Waals surface area contributed by atoms with Gasteiger partial charge in [-0.1, -0.05) is 13.8 Å². The first-order chi connectivity index (χ1) is 9.18. The summed E-state index contributed by atoms with van der Waals surface area (Å²) in [5.74, 6) is 0.758. The first-order valence-electron chi connectivity index (χ1n) is 6.92. The molecule has 2 aromatic heterocycles. The molecule has 0 fully saturated rings. The lowest BCUT2D eigenvalue weighted by molar-refractivity contribution is 0.512. The average Bonchev–Trinajstić information content (AvgIpc) is 2.84. The molecule has 0 atom stereocenters. The predicted octanol–water partition coefficient (Wildman–Crippen LogP) is 1.52. The van der Waals surface area contributed by atoms with Gasteiger partial charge in [-0.15, -0.1) is 0 Å². The van der Waals surface area contributed by atoms with Crippen molar-refractivity contribution < 1.29 is 0 Å². The zero-order valence-corrected chi connectivity index (χ0v) is 11.7. The topological polar surface area (TPSA) is 51.3 Å². The second-order valence-corrected chi connectivity index (χ2v) is 5.24. The van der Waals surface area contributed by atoms with Gasteiger partial charge < -0.3 is 9.88 Å². The molecule has 0 spiro atoms. The summed E-state index contributed by atoms with van der Waals surface area (Å²) in [5, 5.41) is 7.42. The fraction of sp³-hybridized carbons (Fsp3) is 0.571. The number of nitrogens with one attached hydrogen (secondary N) is 1. The molecule has 5 nitrogen and oxygen atoms in total. The maximum atomic E-state index is 12.1. The van der Waals surface area contributed by atoms with Gasteiger partial charge in [0.15, 0.2) is 0 Å². The fourth-order valence-corrected chi connectivity index (χ4v) is 2.10. The standard InChI is InChI=1S/C14H22N4O/c1-12(2)4-3-6-15-8-9-17-10-11-18-13(14(17)19)5-7-16-18/h5,7,10-12,15H,3-4,6,8-9H2,1-2H3. The molecule has 2 aromatic rings. The molecule has 0 aliphatic heterocycles. The Balaban J connectivity index is 1.81. The average molecular weight is 262 g/mol. The van der Waals surface area contributed by atoms with Crippen LogP contribution in [0, 0.1) is 5.92 Å². The second kappa shape index (κ2) is 6.52. The predicted molar refractivity (Wildman–Crippen MR) is 76.4 cm³/mol. The number of fused-ring (bicyclic) bond motifs is 1. The SMILES string of the molecule is CC(C)CCCNCCn1ccn2nccc2c1=O. The van der Waals surface area contributed by atoms with Crippen molar-refractivity contribution >= 4 is 5.52 Å². The van der Waals surface area contributed by atoms with Gasteiger partial charge in [0.1, 0.15) is 5.52 Å². The summed E-state index contributed by atoms with van der Waals surface area (Å²) < 4.78 is 3.33. The molecule has 0 saturated heterocycles. The van der Waals surface area contributed by atoms with Crippen molar-refractivity contribution in [1.82, 2.24) is 19.5 Å². The van der Waals surface area contributed by atoms with Crippen LogP contribution in [-0.2, 0) is 6.54 Å². The van der Waals surface area contributed by atoms with Gasteiger partial charge in [-0.2, -0.15) is 5.10 Å². The number of nitrogens with zero attached hydrogens (tertiary/aromatic N) is 3. The van der Waals surface area contributed by atoms with E-state index in [0.29, 0.717) is 12.1 Å². The molecule has 0 aliphatic rings. The lowest BCUT2D eigenvalue weighted by atomic mass is 10.1. The van der Waals surface area contributed by atoms with Crippen LogP contribution in [0.1, 0.15) is 26.7 Å². The van der Waals surface area contributed by atoms with Gasteiger partial charge in [-0.3, -0.25) is 4.79 Å². The van der Waals surface area contributed by atoms with Gasteiger partial charge in [0.25, 0.3) is 5.56 Å². The van der Waals surface area contributed by atoms with Crippen LogP contribution in [-0.4, -0.2) is 27.3 Å². The number of aromatic nitrogens is 3. The molecular formula is C14H22N4O. The monoisotopic (exact) mass is 262 g/mol. The van der Waals surface area contributed by atoms with Gasteiger partial charge in [0, 0.05) is 25.5 Å². The minimum absolute atomic E-state index is 0.0176. The molecule has 0 bridgehead atoms. The molecule has 104 valence electrons. The molecule has 5 heteroatoms. The van der Waals surface area contributed by atoms with Gasteiger partial charge >= 0.3 is 0 Å². The third kappa shape index (κ3) is 3.67. The highest BCUT2D eigenvalue weighted by Gasteiger charge is 2.02. The lowest BCUT2D eigenvalue weighted by Crippen LogP contribution is -2.28. The maximum Gasteiger partial charge on any atom is 0.276 e. The smallest absolute Gasteiger partial charge is 0.276 e. The lowest BCUT2D eigenvalue weighted by Gasteiger charge is -2.08. The van der Waals surface area contributed by atoms with Crippen LogP contribution in [0.15, 0.2) is 29.5 Å². The van der Waals surface area contributed by atoms with Gasteiger partial charge in [0.2, 0.25) is 0 Å². The van der Waals surface area contributed by atoms with Crippen LogP contribution in [0.5, 0.6) is 0 Å². The Labute approximate surface area is 113 Å². The summed E-state index contributed by atoms with van der Waals surface area (Å²) in [6.07, 6.45) is 7.68. The summed E-state index contributed by atoms with van der Waals surface area (Å²) in [5.41, 5.74) is 0.645. The molecule has 1 N–H and O–H groups in total. The Morgan fingerprint density at radius 3 is 2.95 bits per heavy atom. The van der Waals surface area contributed by atoms with E-state index in [1.54, 1.807) is 27.5 Å². The van der Waals surface area contributed by atoms with Crippen molar-refractivity contribution in [2.24, 2.45) is 5.92 Å². The van der Waals surface area contributed by atoms with Crippen molar-refractivity contribution in [3.63, 3.8) is 0 Å². The normalized spacial score (nSPS) is 11.5. The third-order valence-electron chi connectivity index (χ3n) is 3.20. The van der Waals surface area contributed by atoms with Crippen LogP contribution in [0.25, 0.3) is 5.52 Å². The molecule has 0 aliphatic carbocycles. The summed E-state index contributed by atoms with van der Waals surface area (Å²) in [7, 11) is 0. The van der Waals surface area contributed by atoms with Crippen molar-refractivity contribution in [3.8, 4) is 0 Å². The van der Waals surface area contributed by atoms with Crippen LogP contribution in [0.4, 0.5) is 0 Å². The summed E-state index contributed by atoms with van der Waals surface area (Å²) in [6.45, 7) is 7.01. The summed E-state index contributed by atoms with van der Waals surface area (Å²) in [6, 6.07) is 1.74. The van der Waals surface area contributed by atoms with Crippen LogP contribution < -0.4 is 10.9 Å². The second-order valence-electron chi connectivity index (χ2n) is 5.24. The van der Waals surface area contributed by atoms with Crippen LogP contribution in [0.3, 0.4) is 0 Å². The Kier molecular flexibility index (Phi) is 4.74. The minimum Gasteiger partial charge on any atom is -0.315 e. The highest BCUT2D eigenvalue weighted by atomic mass is 16.1. The van der Waals surface area contributed by atoms with E-state index in [9.17, 15) is 4.79 Å². The first kappa shape index (κ1) is 13.8. The number of hydrogen-bond acceptors (Lipinski definition) is 3. The van der Waals surface area contributed by atoms with E-state index in [4.69, 9.17) is 0 Å². The molecule has 0 radical (unpaired) electrons. The molecule has 0 unspecified atom stereocenters. The Bertz CT molecular complexity index is 570. The molecule has 0 aromatic carbocycles. The van der Waals surface area contributed by atoms with E-state index in [1.807, 2.05) is 6.20 Å². The van der Waals surface area contributed by atoms with Crippen molar-refractivity contribution in [2.75, 3.05) is 13.1 Å². The van der Waals surface area contributed by atoms with E-state index in [1.165, 1.54) is 12.8 Å². The molecule has 0 amide bonds. The molecule has 0 saturated carbocycles. The Hall–Kier alpha value is -1.62. The van der Waals surface area contributed by atoms with Gasteiger partial charge in [0.05, 0.1) is 6.20 Å². The molecule has 19 heavy (non-hydrogen) atoms. The highest BCUT2D eigenvalue weighted by molar-refractivity contribution is 5.42. The zero-order chi connectivity index (χ0) is 13.7. The minimum atomic E-state index is 0.0176. The number of rotatable bonds is 7. The maximum absolute atomic E-state index is 12.1. The van der Waals surface area contributed by atoms with Gasteiger partial charge in [-0.25, -0.2) is 4.52 Å². The molecule has 2 heterocycles. The van der Waals surface area contributed by atoms with E-state index in [-0.39, 0.29) is 5.56 Å². The highest BCUT2D eigenvalue weighted by Crippen LogP contribution is 2.01. The van der Waals surface area contributed by atoms with E-state index in [0.717, 1.165) is 19.0 Å². The fourth-order valence-electron chi connectivity index (χ4n) is 2.10. The quantitative estimate of drug-likeness (QED) is 0.770. The van der Waals surface area contributed by atoms with Gasteiger partial charge in [-0.05, 0) is 31.4 Å². The number of hydrogen-bond donors (Lipinski definition) is 1. The Morgan fingerprint density at radius 2 is 2.16 bits per heavy atom. The molecule has 2 rings (SSSR count). The van der Waals surface area contributed by atoms with E-state index < -0.39 is 0 Å².